The van der Waals surface area contributed by atoms with Crippen LogP contribution in [0.4, 0.5) is 4.79 Å². The van der Waals surface area contributed by atoms with E-state index in [9.17, 15) is 23.5 Å². The third-order valence-electron chi connectivity index (χ3n) is 10.6. The minimum atomic E-state index is -4.40. The number of likely N-dealkylation sites (N-methyl/N-ethyl adjacent to an activating group) is 1. The Morgan fingerprint density at radius 3 is 1.32 bits per heavy atom. The maximum atomic E-state index is 12.0. The summed E-state index contributed by atoms with van der Waals surface area (Å²) in [5.41, 5.74) is 11.2. The first-order chi connectivity index (χ1) is 34.6. The van der Waals surface area contributed by atoms with Gasteiger partial charge in [-0.15, -0.1) is 0 Å². The van der Waals surface area contributed by atoms with Gasteiger partial charge in [-0.3, -0.25) is 14.6 Å². The van der Waals surface area contributed by atoms with Crippen molar-refractivity contribution in [2.24, 2.45) is 11.7 Å². The van der Waals surface area contributed by atoms with E-state index in [2.05, 4.69) is 23.5 Å². The summed E-state index contributed by atoms with van der Waals surface area (Å²) < 4.78 is 45.9. The number of rotatable bonds is 14. The van der Waals surface area contributed by atoms with E-state index < -0.39 is 21.6 Å². The second kappa shape index (κ2) is 32.3. The minimum absolute atomic E-state index is 0.0365. The first-order valence-electron chi connectivity index (χ1n) is 23.6. The van der Waals surface area contributed by atoms with Crippen molar-refractivity contribution >= 4 is 33.5 Å². The number of carbonyl (C=O) groups excluding carboxylic acids is 3. The van der Waals surface area contributed by atoms with Crippen molar-refractivity contribution in [3.05, 3.63) is 149 Å². The summed E-state index contributed by atoms with van der Waals surface area (Å²) in [6.45, 7) is 15.0. The summed E-state index contributed by atoms with van der Waals surface area (Å²) in [6, 6.07) is 36.1. The number of hydrogen-bond acceptors (Lipinski definition) is 12. The Morgan fingerprint density at radius 1 is 0.608 bits per heavy atom. The molecule has 1 saturated heterocycles. The number of esters is 1. The lowest BCUT2D eigenvalue weighted by atomic mass is 10.0. The van der Waals surface area contributed by atoms with Crippen LogP contribution < -0.4 is 34.3 Å². The molecule has 5 aromatic rings. The molecule has 21 heteroatoms. The van der Waals surface area contributed by atoms with Crippen molar-refractivity contribution < 1.29 is 66.6 Å². The number of hydrogen-bond donors (Lipinski definition) is 6. The number of aryl methyl sites for hydroxylation is 5. The Hall–Kier alpha value is -6.11. The van der Waals surface area contributed by atoms with Gasteiger partial charge in [0.25, 0.3) is 5.91 Å². The van der Waals surface area contributed by atoms with E-state index in [0.717, 1.165) is 53.9 Å². The fraction of sp³-hybridized carbons (Fsp3) is 0.377. The molecule has 0 saturated carbocycles. The average Bonchev–Trinajstić information content (AvgIpc) is 3.33. The molecule has 7 N–H and O–H groups in total. The lowest BCUT2D eigenvalue weighted by molar-refractivity contribution is -0.136. The van der Waals surface area contributed by atoms with Crippen LogP contribution >= 0.6 is 15.6 Å². The van der Waals surface area contributed by atoms with Gasteiger partial charge in [0, 0.05) is 33.2 Å². The zero-order valence-electron chi connectivity index (χ0n) is 44.2. The molecular weight excluding hydrogens is 993 g/mol. The normalized spacial score (nSPS) is 12.6. The van der Waals surface area contributed by atoms with Gasteiger partial charge in [0.15, 0.2) is 6.61 Å². The van der Waals surface area contributed by atoms with Crippen LogP contribution in [0.1, 0.15) is 54.5 Å². The van der Waals surface area contributed by atoms with Gasteiger partial charge in [0.2, 0.25) is 0 Å². The Balaban J connectivity index is 0.000000320. The van der Waals surface area contributed by atoms with Gasteiger partial charge in [-0.1, -0.05) is 102 Å². The van der Waals surface area contributed by atoms with Gasteiger partial charge >= 0.3 is 27.6 Å². The third kappa shape index (κ3) is 28.4. The summed E-state index contributed by atoms with van der Waals surface area (Å²) in [7, 11) is -0.995. The van der Waals surface area contributed by atoms with Crippen molar-refractivity contribution in [3.63, 3.8) is 0 Å². The quantitative estimate of drug-likeness (QED) is 0.0264. The summed E-state index contributed by atoms with van der Waals surface area (Å²) in [5.74, 6) is 2.30. The number of amides is 2. The molecule has 1 aliphatic rings. The van der Waals surface area contributed by atoms with Crippen molar-refractivity contribution in [1.29, 1.82) is 0 Å². The van der Waals surface area contributed by atoms with Crippen LogP contribution in [0.25, 0.3) is 0 Å². The molecule has 0 radical (unpaired) electrons. The van der Waals surface area contributed by atoms with E-state index in [4.69, 9.17) is 44.3 Å². The highest BCUT2D eigenvalue weighted by Crippen LogP contribution is 2.37. The Labute approximate surface area is 436 Å². The van der Waals surface area contributed by atoms with Crippen molar-refractivity contribution in [2.75, 3.05) is 54.6 Å². The molecule has 1 atom stereocenters. The maximum absolute atomic E-state index is 12.0. The molecule has 5 aromatic carbocycles. The zero-order valence-corrected chi connectivity index (χ0v) is 46.0. The number of benzene rings is 5. The highest BCUT2D eigenvalue weighted by Gasteiger charge is 2.25. The van der Waals surface area contributed by atoms with E-state index in [-0.39, 0.29) is 43.0 Å². The van der Waals surface area contributed by atoms with Crippen LogP contribution in [-0.4, -0.2) is 119 Å². The Morgan fingerprint density at radius 2 is 0.973 bits per heavy atom. The highest BCUT2D eigenvalue weighted by atomic mass is 31.2. The molecule has 2 amide bonds. The highest BCUT2D eigenvalue weighted by molar-refractivity contribution is 7.49. The van der Waals surface area contributed by atoms with Crippen molar-refractivity contribution in [3.8, 4) is 28.7 Å². The van der Waals surface area contributed by atoms with Crippen molar-refractivity contribution in [1.82, 2.24) is 19.8 Å². The lowest BCUT2D eigenvalue weighted by Crippen LogP contribution is -2.45. The zero-order chi connectivity index (χ0) is 55.6. The van der Waals surface area contributed by atoms with Gasteiger partial charge < -0.3 is 53.7 Å². The number of phosphoric acid groups is 1. The molecule has 1 heterocycles. The monoisotopic (exact) mass is 1070 g/mol. The number of piperidine rings is 1. The second-order valence-electron chi connectivity index (χ2n) is 18.0. The predicted octanol–water partition coefficient (Wildman–Crippen LogP) is 8.35. The summed E-state index contributed by atoms with van der Waals surface area (Å²) in [6.07, 6.45) is 1.78. The fourth-order valence-corrected chi connectivity index (χ4v) is 6.51. The molecule has 0 aromatic heterocycles. The topological polar surface area (TPSA) is 260 Å². The molecule has 0 spiro atoms. The number of nitrogens with zero attached hydrogens (tertiary/aromatic N) is 3. The van der Waals surface area contributed by atoms with Gasteiger partial charge in [0.05, 0.1) is 0 Å². The van der Waals surface area contributed by atoms with E-state index in [1.165, 1.54) is 22.6 Å². The summed E-state index contributed by atoms with van der Waals surface area (Å²) in [4.78, 5) is 74.0. The third-order valence-corrected chi connectivity index (χ3v) is 11.6. The smallest absolute Gasteiger partial charge is 0.484 e. The Kier molecular flexibility index (Phi) is 27.9. The van der Waals surface area contributed by atoms with E-state index in [1.54, 1.807) is 55.4 Å². The lowest BCUT2D eigenvalue weighted by Gasteiger charge is -2.34. The van der Waals surface area contributed by atoms with Gasteiger partial charge in [-0.2, -0.15) is 5.09 Å². The van der Waals surface area contributed by atoms with Crippen LogP contribution in [0, 0.1) is 40.5 Å². The van der Waals surface area contributed by atoms with Gasteiger partial charge in [0.1, 0.15) is 41.5 Å². The van der Waals surface area contributed by atoms with Crippen LogP contribution in [0.2, 0.25) is 0 Å². The predicted molar refractivity (Wildman–Crippen MR) is 286 cm³/mol. The molecule has 1 fully saturated rings. The molecule has 19 nitrogen and oxygen atoms in total. The van der Waals surface area contributed by atoms with Gasteiger partial charge in [-0.05, 0) is 128 Å². The molecule has 406 valence electrons. The number of ether oxygens (including phenoxy) is 4. The number of nitrogens with two attached hydrogens (primary N) is 1. The largest absolute Gasteiger partial charge is 0.524 e. The first kappa shape index (κ1) is 64.0. The molecule has 74 heavy (non-hydrogen) atoms. The first-order valence-corrected chi connectivity index (χ1v) is 26.7. The van der Waals surface area contributed by atoms with Crippen molar-refractivity contribution in [2.45, 2.75) is 73.4 Å². The van der Waals surface area contributed by atoms with E-state index in [0.29, 0.717) is 23.3 Å². The van der Waals surface area contributed by atoms with Crippen LogP contribution in [0.5, 0.6) is 28.7 Å². The maximum Gasteiger partial charge on any atom is 0.524 e. The number of likely N-dealkylation sites (tertiary alicyclic amines) is 1. The number of phosphoric ester groups is 1. The Bertz CT molecular complexity index is 2510. The molecule has 0 bridgehead atoms. The SMILES string of the molecule is Cc1ccc(OC(=O)N2CCC(N(C)C)CC2)cc1.Cc1ccc(OC(=O)[C@@H](N)C(C)C)cc1.Cc1ccc(OCC(=O)N(C)C)cc1.Cc1ccc(OCNP(=O)(O)O)cc1.Cc1ccc(OP(=O)(O)O)cc1. The molecular formula is C53H75N5O14P2. The molecule has 1 aliphatic heterocycles. The molecule has 0 unspecified atom stereocenters. The average molecular weight is 1070 g/mol. The van der Waals surface area contributed by atoms with Crippen LogP contribution in [0.3, 0.4) is 0 Å². The van der Waals surface area contributed by atoms with Crippen LogP contribution in [-0.2, 0) is 18.7 Å². The standard InChI is InChI=1S/C15H22N2O2.C12H17NO2.C11H15NO2.C8H12NO4P.C7H9O4P/c1-12-4-6-14(7-5-12)19-15(18)17-10-8-13(9-11-17)16(2)3;1-8(2)11(13)12(14)15-10-6-4-9(3)5-7-10;1-9-4-6-10(7-5-9)14-8-11(13)12(2)3;1-7-2-4-8(5-3-7)13-6-9-14(10,11)12;1-6-2-4-7(5-3-6)11-12(8,9)10/h4-7,13H,8-11H2,1-3H3;4-8,11H,13H2,1-3H3;4-7H,8H2,1-3H3;2-5H,6H2,1H3,(H3,9,10,11,12);2-5H,1H3,(H2,8,9,10)/t;11-;;;/m.0.../s1. The van der Waals surface area contributed by atoms with E-state index >= 15 is 0 Å². The number of carbonyl (C=O) groups is 3. The second-order valence-corrected chi connectivity index (χ2v) is 20.5. The summed E-state index contributed by atoms with van der Waals surface area (Å²) >= 11 is 0. The fourth-order valence-electron chi connectivity index (χ4n) is 5.88. The summed E-state index contributed by atoms with van der Waals surface area (Å²) in [5, 5.41) is 1.93. The molecule has 0 aliphatic carbocycles. The van der Waals surface area contributed by atoms with Gasteiger partial charge in [-0.25, -0.2) is 18.7 Å². The minimum Gasteiger partial charge on any atom is -0.484 e. The van der Waals surface area contributed by atoms with Crippen LogP contribution in [0.15, 0.2) is 121 Å². The number of nitrogens with one attached hydrogen (secondary N) is 1. The van der Waals surface area contributed by atoms with E-state index in [1.807, 2.05) is 126 Å². The molecule has 6 rings (SSSR count).